The van der Waals surface area contributed by atoms with Crippen LogP contribution in [0.3, 0.4) is 0 Å². The molecule has 0 radical (unpaired) electrons. The number of carbonyl (C=O) groups excluding carboxylic acids is 1. The van der Waals surface area contributed by atoms with E-state index in [2.05, 4.69) is 25.7 Å². The highest BCUT2D eigenvalue weighted by molar-refractivity contribution is 5.94. The normalized spacial score (nSPS) is 11.4. The summed E-state index contributed by atoms with van der Waals surface area (Å²) < 4.78 is 1.84. The molecule has 1 aromatic carbocycles. The van der Waals surface area contributed by atoms with E-state index in [-0.39, 0.29) is 5.91 Å². The largest absolute Gasteiger partial charge is 0.357 e. The second-order valence-corrected chi connectivity index (χ2v) is 8.14. The number of aryl methyl sites for hydroxylation is 2. The second kappa shape index (κ2) is 11.3. The predicted octanol–water partition coefficient (Wildman–Crippen LogP) is 2.88. The number of aromatic nitrogens is 3. The molecule has 33 heavy (non-hydrogen) atoms. The van der Waals surface area contributed by atoms with Gasteiger partial charge in [0.05, 0.1) is 12.2 Å². The van der Waals surface area contributed by atoms with Crippen molar-refractivity contribution < 1.29 is 4.79 Å². The fourth-order valence-electron chi connectivity index (χ4n) is 3.45. The third-order valence-corrected chi connectivity index (χ3v) is 5.09. The zero-order chi connectivity index (χ0) is 23.8. The average Bonchev–Trinajstić information content (AvgIpc) is 3.15. The number of amides is 1. The summed E-state index contributed by atoms with van der Waals surface area (Å²) in [5, 5.41) is 11.1. The van der Waals surface area contributed by atoms with E-state index in [1.807, 2.05) is 74.1 Å². The Morgan fingerprint density at radius 1 is 1.09 bits per heavy atom. The molecule has 1 amide bonds. The number of aliphatic imine (C=N–C) groups is 1. The summed E-state index contributed by atoms with van der Waals surface area (Å²) in [5.74, 6) is 1.56. The van der Waals surface area contributed by atoms with Gasteiger partial charge in [0.25, 0.3) is 5.91 Å². The monoisotopic (exact) mass is 447 g/mol. The lowest BCUT2D eigenvalue weighted by Gasteiger charge is -2.13. The van der Waals surface area contributed by atoms with Gasteiger partial charge in [-0.1, -0.05) is 18.2 Å². The number of hydrogen-bond donors (Lipinski definition) is 2. The number of rotatable bonds is 8. The Morgan fingerprint density at radius 2 is 1.91 bits per heavy atom. The molecule has 0 atom stereocenters. The molecule has 8 heteroatoms. The van der Waals surface area contributed by atoms with Crippen LogP contribution in [0.15, 0.2) is 53.7 Å². The smallest absolute Gasteiger partial charge is 0.253 e. The second-order valence-electron chi connectivity index (χ2n) is 8.14. The first kappa shape index (κ1) is 24.0. The van der Waals surface area contributed by atoms with Crippen LogP contribution in [0.2, 0.25) is 0 Å². The summed E-state index contributed by atoms with van der Waals surface area (Å²) in [5.41, 5.74) is 4.86. The lowest BCUT2D eigenvalue weighted by Crippen LogP contribution is -2.38. The molecule has 0 aliphatic rings. The summed E-state index contributed by atoms with van der Waals surface area (Å²) in [4.78, 5) is 23.0. The van der Waals surface area contributed by atoms with E-state index in [0.29, 0.717) is 18.7 Å². The number of guanidine groups is 1. The Hall–Kier alpha value is -3.68. The lowest BCUT2D eigenvalue weighted by atomic mass is 10.1. The van der Waals surface area contributed by atoms with Gasteiger partial charge in [-0.15, -0.1) is 0 Å². The van der Waals surface area contributed by atoms with Crippen molar-refractivity contribution in [2.75, 3.05) is 27.2 Å². The highest BCUT2D eigenvalue weighted by atomic mass is 16.2. The summed E-state index contributed by atoms with van der Waals surface area (Å²) >= 11 is 0. The highest BCUT2D eigenvalue weighted by Crippen LogP contribution is 2.11. The first-order valence-electron chi connectivity index (χ1n) is 11.2. The van der Waals surface area contributed by atoms with Crippen LogP contribution in [-0.2, 0) is 13.0 Å². The number of benzene rings is 1. The van der Waals surface area contributed by atoms with Gasteiger partial charge in [-0.05, 0) is 62.6 Å². The van der Waals surface area contributed by atoms with Gasteiger partial charge < -0.3 is 15.5 Å². The van der Waals surface area contributed by atoms with Gasteiger partial charge in [0.15, 0.2) is 11.8 Å². The van der Waals surface area contributed by atoms with Crippen molar-refractivity contribution in [2.24, 2.45) is 4.99 Å². The van der Waals surface area contributed by atoms with Gasteiger partial charge in [0.1, 0.15) is 0 Å². The summed E-state index contributed by atoms with van der Waals surface area (Å²) in [7, 11) is 3.52. The van der Waals surface area contributed by atoms with Crippen LogP contribution in [0.1, 0.15) is 39.8 Å². The maximum atomic E-state index is 12.2. The fourth-order valence-corrected chi connectivity index (χ4v) is 3.45. The first-order valence-corrected chi connectivity index (χ1v) is 11.2. The molecule has 0 unspecified atom stereocenters. The van der Waals surface area contributed by atoms with E-state index < -0.39 is 0 Å². The van der Waals surface area contributed by atoms with Crippen LogP contribution < -0.4 is 10.6 Å². The van der Waals surface area contributed by atoms with Crippen molar-refractivity contribution in [3.8, 4) is 5.82 Å². The molecule has 174 valence electrons. The van der Waals surface area contributed by atoms with Crippen LogP contribution >= 0.6 is 0 Å². The highest BCUT2D eigenvalue weighted by Gasteiger charge is 2.08. The zero-order valence-electron chi connectivity index (χ0n) is 20.1. The predicted molar refractivity (Wildman–Crippen MR) is 132 cm³/mol. The molecule has 0 bridgehead atoms. The Labute approximate surface area is 195 Å². The van der Waals surface area contributed by atoms with E-state index in [4.69, 9.17) is 0 Å². The molecule has 0 saturated heterocycles. The Morgan fingerprint density at radius 3 is 2.55 bits per heavy atom. The minimum Gasteiger partial charge on any atom is -0.357 e. The quantitative estimate of drug-likeness (QED) is 0.410. The number of hydrogen-bond acceptors (Lipinski definition) is 4. The van der Waals surface area contributed by atoms with Crippen LogP contribution in [-0.4, -0.2) is 58.7 Å². The number of nitrogens with one attached hydrogen (secondary N) is 2. The molecular weight excluding hydrogens is 414 g/mol. The molecular formula is C25H33N7O. The molecule has 0 aliphatic carbocycles. The molecule has 2 heterocycles. The van der Waals surface area contributed by atoms with Crippen molar-refractivity contribution in [3.05, 3.63) is 76.7 Å². The van der Waals surface area contributed by atoms with Crippen LogP contribution in [0.25, 0.3) is 5.82 Å². The van der Waals surface area contributed by atoms with Gasteiger partial charge >= 0.3 is 0 Å². The van der Waals surface area contributed by atoms with E-state index in [0.717, 1.165) is 47.3 Å². The van der Waals surface area contributed by atoms with Crippen molar-refractivity contribution in [3.63, 3.8) is 0 Å². The summed E-state index contributed by atoms with van der Waals surface area (Å²) in [6, 6.07) is 13.8. The Kier molecular flexibility index (Phi) is 8.18. The fraction of sp³-hybridized carbons (Fsp3) is 0.360. The Balaban J connectivity index is 1.58. The van der Waals surface area contributed by atoms with Crippen LogP contribution in [0.4, 0.5) is 0 Å². The van der Waals surface area contributed by atoms with E-state index in [9.17, 15) is 4.79 Å². The number of nitrogens with zero attached hydrogens (tertiary/aromatic N) is 5. The molecule has 0 fully saturated rings. The standard InChI is InChI=1S/C25H33N7O/c1-6-26-25(27-13-12-20-8-7-9-22(15-20)24(33)31(4)5)29-17-21-10-11-23(28-16-21)32-19(3)14-18(2)30-32/h7-11,14-16H,6,12-13,17H2,1-5H3,(H2,26,27,29). The molecule has 0 saturated carbocycles. The number of carbonyl (C=O) groups is 1. The maximum absolute atomic E-state index is 12.2. The van der Waals surface area contributed by atoms with Gasteiger partial charge in [0, 0.05) is 44.6 Å². The average molecular weight is 448 g/mol. The SMILES string of the molecule is CCNC(=NCc1ccc(-n2nc(C)cc2C)nc1)NCCc1cccc(C(=O)N(C)C)c1. The topological polar surface area (TPSA) is 87.4 Å². The molecule has 2 N–H and O–H groups in total. The maximum Gasteiger partial charge on any atom is 0.253 e. The van der Waals surface area contributed by atoms with Crippen molar-refractivity contribution >= 4 is 11.9 Å². The van der Waals surface area contributed by atoms with Gasteiger partial charge in [0.2, 0.25) is 0 Å². The van der Waals surface area contributed by atoms with Crippen molar-refractivity contribution in [1.82, 2.24) is 30.3 Å². The minimum atomic E-state index is 0.0113. The van der Waals surface area contributed by atoms with Crippen LogP contribution in [0.5, 0.6) is 0 Å². The summed E-state index contributed by atoms with van der Waals surface area (Å²) in [6.45, 7) is 8.03. The van der Waals surface area contributed by atoms with E-state index >= 15 is 0 Å². The summed E-state index contributed by atoms with van der Waals surface area (Å²) in [6.07, 6.45) is 2.63. The number of pyridine rings is 1. The molecule has 3 aromatic rings. The molecule has 0 spiro atoms. The molecule has 2 aromatic heterocycles. The molecule has 0 aliphatic heterocycles. The van der Waals surface area contributed by atoms with E-state index in [1.54, 1.807) is 19.0 Å². The van der Waals surface area contributed by atoms with Gasteiger partial charge in [-0.3, -0.25) is 4.79 Å². The van der Waals surface area contributed by atoms with Crippen molar-refractivity contribution in [1.29, 1.82) is 0 Å². The first-order chi connectivity index (χ1) is 15.9. The Bertz CT molecular complexity index is 1100. The van der Waals surface area contributed by atoms with Gasteiger partial charge in [-0.25, -0.2) is 14.7 Å². The molecule has 8 nitrogen and oxygen atoms in total. The van der Waals surface area contributed by atoms with Gasteiger partial charge in [-0.2, -0.15) is 5.10 Å². The zero-order valence-corrected chi connectivity index (χ0v) is 20.1. The van der Waals surface area contributed by atoms with Crippen LogP contribution in [0, 0.1) is 13.8 Å². The van der Waals surface area contributed by atoms with Crippen molar-refractivity contribution in [2.45, 2.75) is 33.7 Å². The van der Waals surface area contributed by atoms with E-state index in [1.165, 1.54) is 0 Å². The minimum absolute atomic E-state index is 0.0113. The third kappa shape index (κ3) is 6.65. The molecule has 3 rings (SSSR count). The lowest BCUT2D eigenvalue weighted by molar-refractivity contribution is 0.0827. The third-order valence-electron chi connectivity index (χ3n) is 5.09.